The number of thioether (sulfide) groups is 1. The van der Waals surface area contributed by atoms with E-state index in [0.29, 0.717) is 29.8 Å². The predicted molar refractivity (Wildman–Crippen MR) is 158 cm³/mol. The van der Waals surface area contributed by atoms with Gasteiger partial charge in [-0.3, -0.25) is 0 Å². The third kappa shape index (κ3) is 6.42. The molecule has 39 heavy (non-hydrogen) atoms. The molecule has 204 valence electrons. The van der Waals surface area contributed by atoms with E-state index in [2.05, 4.69) is 59.7 Å². The second-order valence-corrected chi connectivity index (χ2v) is 13.2. The van der Waals surface area contributed by atoms with Crippen molar-refractivity contribution in [2.75, 3.05) is 6.61 Å². The van der Waals surface area contributed by atoms with Gasteiger partial charge in [0.1, 0.15) is 17.4 Å². The molecule has 2 aromatic carbocycles. The molecule has 0 fully saturated rings. The SMILES string of the molecule is CC1Cc2c(OCc3nccs3)ccc3c2c(c(CC(C)(C)C=NOCC(=O)O)n3Cc2ccc(Cl)cc2)S1. The fourth-order valence-corrected chi connectivity index (χ4v) is 6.81. The zero-order valence-corrected chi connectivity index (χ0v) is 24.4. The van der Waals surface area contributed by atoms with Crippen LogP contribution in [0.5, 0.6) is 5.75 Å². The summed E-state index contributed by atoms with van der Waals surface area (Å²) in [4.78, 5) is 21.4. The molecule has 0 aliphatic carbocycles. The summed E-state index contributed by atoms with van der Waals surface area (Å²) >= 11 is 9.67. The first-order chi connectivity index (χ1) is 18.7. The van der Waals surface area contributed by atoms with Gasteiger partial charge in [0.25, 0.3) is 0 Å². The van der Waals surface area contributed by atoms with Crippen molar-refractivity contribution in [3.8, 4) is 5.75 Å². The predicted octanol–water partition coefficient (Wildman–Crippen LogP) is 7.07. The zero-order chi connectivity index (χ0) is 27.6. The van der Waals surface area contributed by atoms with Gasteiger partial charge in [-0.2, -0.15) is 0 Å². The van der Waals surface area contributed by atoms with Crippen LogP contribution in [0.25, 0.3) is 10.9 Å². The van der Waals surface area contributed by atoms with Gasteiger partial charge in [0.15, 0.2) is 0 Å². The number of oxime groups is 1. The van der Waals surface area contributed by atoms with E-state index in [4.69, 9.17) is 26.3 Å². The average molecular weight is 584 g/mol. The Labute approximate surface area is 240 Å². The molecular formula is C29H30ClN3O4S2. The van der Waals surface area contributed by atoms with E-state index < -0.39 is 12.6 Å². The molecule has 5 rings (SSSR count). The summed E-state index contributed by atoms with van der Waals surface area (Å²) in [6.07, 6.45) is 5.11. The first kappa shape index (κ1) is 27.6. The number of rotatable bonds is 11. The lowest BCUT2D eigenvalue weighted by Crippen LogP contribution is -2.21. The normalized spacial score (nSPS) is 15.2. The first-order valence-corrected chi connectivity index (χ1v) is 14.8. The Kier molecular flexibility index (Phi) is 8.21. The molecule has 1 atom stereocenters. The molecule has 1 aliphatic heterocycles. The quantitative estimate of drug-likeness (QED) is 0.150. The third-order valence-corrected chi connectivity index (χ3v) is 8.79. The van der Waals surface area contributed by atoms with E-state index >= 15 is 0 Å². The number of aliphatic carboxylic acids is 1. The fourth-order valence-electron chi connectivity index (χ4n) is 4.84. The van der Waals surface area contributed by atoms with Crippen LogP contribution in [0.1, 0.15) is 42.6 Å². The van der Waals surface area contributed by atoms with Crippen molar-refractivity contribution in [2.45, 2.75) is 56.9 Å². The minimum Gasteiger partial charge on any atom is -0.486 e. The van der Waals surface area contributed by atoms with Gasteiger partial charge in [-0.05, 0) is 42.7 Å². The number of benzene rings is 2. The monoisotopic (exact) mass is 583 g/mol. The molecular weight excluding hydrogens is 554 g/mol. The van der Waals surface area contributed by atoms with Crippen molar-refractivity contribution in [1.29, 1.82) is 0 Å². The maximum Gasteiger partial charge on any atom is 0.344 e. The van der Waals surface area contributed by atoms with Crippen LogP contribution < -0.4 is 4.74 Å². The Balaban J connectivity index is 1.58. The highest BCUT2D eigenvalue weighted by molar-refractivity contribution is 8.00. The van der Waals surface area contributed by atoms with Crippen molar-refractivity contribution in [3.63, 3.8) is 0 Å². The van der Waals surface area contributed by atoms with Gasteiger partial charge in [0.05, 0.1) is 5.52 Å². The van der Waals surface area contributed by atoms with Crippen molar-refractivity contribution < 1.29 is 19.5 Å². The maximum absolute atomic E-state index is 10.8. The highest BCUT2D eigenvalue weighted by atomic mass is 35.5. The average Bonchev–Trinajstić information content (AvgIpc) is 3.50. The van der Waals surface area contributed by atoms with Crippen LogP contribution in [-0.2, 0) is 35.6 Å². The second kappa shape index (κ2) is 11.6. The van der Waals surface area contributed by atoms with E-state index in [0.717, 1.165) is 22.7 Å². The number of carboxylic acids is 1. The van der Waals surface area contributed by atoms with Crippen LogP contribution in [0.15, 0.2) is 58.0 Å². The zero-order valence-electron chi connectivity index (χ0n) is 22.0. The van der Waals surface area contributed by atoms with Gasteiger partial charge in [-0.25, -0.2) is 9.78 Å². The summed E-state index contributed by atoms with van der Waals surface area (Å²) in [6.45, 7) is 7.10. The van der Waals surface area contributed by atoms with E-state index in [1.54, 1.807) is 23.7 Å². The lowest BCUT2D eigenvalue weighted by Gasteiger charge is -2.24. The maximum atomic E-state index is 10.8. The number of aromatic nitrogens is 2. The van der Waals surface area contributed by atoms with Crippen LogP contribution in [0.2, 0.25) is 5.02 Å². The molecule has 0 spiro atoms. The van der Waals surface area contributed by atoms with Crippen molar-refractivity contribution >= 4 is 57.8 Å². The molecule has 1 unspecified atom stereocenters. The summed E-state index contributed by atoms with van der Waals surface area (Å²) in [6, 6.07) is 12.2. The van der Waals surface area contributed by atoms with Gasteiger partial charge < -0.3 is 19.2 Å². The van der Waals surface area contributed by atoms with Crippen LogP contribution in [0.3, 0.4) is 0 Å². The van der Waals surface area contributed by atoms with Crippen molar-refractivity contribution in [2.24, 2.45) is 10.6 Å². The summed E-state index contributed by atoms with van der Waals surface area (Å²) < 4.78 is 8.70. The van der Waals surface area contributed by atoms with Crippen LogP contribution in [0, 0.1) is 5.41 Å². The summed E-state index contributed by atoms with van der Waals surface area (Å²) in [5.74, 6) is -0.146. The van der Waals surface area contributed by atoms with Gasteiger partial charge in [0, 0.05) is 61.6 Å². The van der Waals surface area contributed by atoms with Gasteiger partial charge in [0.2, 0.25) is 6.61 Å². The van der Waals surface area contributed by atoms with E-state index in [9.17, 15) is 4.79 Å². The van der Waals surface area contributed by atoms with Gasteiger partial charge >= 0.3 is 5.97 Å². The number of thiazole rings is 1. The molecule has 10 heteroatoms. The number of carboxylic acid groups (broad SMARTS) is 1. The Morgan fingerprint density at radius 1 is 1.28 bits per heavy atom. The summed E-state index contributed by atoms with van der Waals surface area (Å²) in [5.41, 5.74) is 4.39. The number of hydrogen-bond acceptors (Lipinski definition) is 7. The van der Waals surface area contributed by atoms with Crippen LogP contribution in [0.4, 0.5) is 0 Å². The minimum atomic E-state index is -1.05. The van der Waals surface area contributed by atoms with Gasteiger partial charge in [-0.15, -0.1) is 23.1 Å². The Morgan fingerprint density at radius 3 is 2.79 bits per heavy atom. The van der Waals surface area contributed by atoms with Gasteiger partial charge in [-0.1, -0.05) is 49.7 Å². The molecule has 0 radical (unpaired) electrons. The topological polar surface area (TPSA) is 85.9 Å². The first-order valence-electron chi connectivity index (χ1n) is 12.7. The Bertz CT molecular complexity index is 1500. The van der Waals surface area contributed by atoms with Crippen LogP contribution >= 0.6 is 34.7 Å². The van der Waals surface area contributed by atoms with Crippen molar-refractivity contribution in [3.05, 3.63) is 74.8 Å². The van der Waals surface area contributed by atoms with E-state index in [1.807, 2.05) is 29.3 Å². The highest BCUT2D eigenvalue weighted by Gasteiger charge is 2.31. The Hall–Kier alpha value is -3.01. The Morgan fingerprint density at radius 2 is 2.08 bits per heavy atom. The minimum absolute atomic E-state index is 0.381. The highest BCUT2D eigenvalue weighted by Crippen LogP contribution is 2.48. The molecule has 0 saturated carbocycles. The molecule has 0 bridgehead atoms. The molecule has 2 aromatic heterocycles. The fraction of sp³-hybridized carbons (Fsp3) is 0.345. The molecule has 4 aromatic rings. The smallest absolute Gasteiger partial charge is 0.344 e. The summed E-state index contributed by atoms with van der Waals surface area (Å²) in [5, 5.41) is 18.1. The largest absolute Gasteiger partial charge is 0.486 e. The molecule has 7 nitrogen and oxygen atoms in total. The van der Waals surface area contributed by atoms with Crippen molar-refractivity contribution in [1.82, 2.24) is 9.55 Å². The molecule has 1 N–H and O–H groups in total. The number of halogens is 1. The lowest BCUT2D eigenvalue weighted by molar-refractivity contribution is -0.142. The number of carbonyl (C=O) groups is 1. The number of ether oxygens (including phenoxy) is 1. The standard InChI is InChI=1S/C29H30ClN3O4S2/c1-18-12-21-24(36-15-25-31-10-11-38-25)9-8-22-27(21)28(39-18)23(13-29(2,3)17-32-37-16-26(34)35)33(22)14-19-4-6-20(30)7-5-19/h4-11,17-18H,12-16H2,1-3H3,(H,34,35). The lowest BCUT2D eigenvalue weighted by atomic mass is 9.89. The van der Waals surface area contributed by atoms with E-state index in [1.165, 1.54) is 27.1 Å². The summed E-state index contributed by atoms with van der Waals surface area (Å²) in [7, 11) is 0. The molecule has 1 aliphatic rings. The number of nitrogens with zero attached hydrogens (tertiary/aromatic N) is 3. The third-order valence-electron chi connectivity index (χ3n) is 6.54. The van der Waals surface area contributed by atoms with Crippen LogP contribution in [-0.4, -0.2) is 38.7 Å². The van der Waals surface area contributed by atoms with E-state index in [-0.39, 0.29) is 5.41 Å². The second-order valence-electron chi connectivity index (χ2n) is 10.3. The molecule has 0 amide bonds. The molecule has 0 saturated heterocycles. The number of hydrogen-bond donors (Lipinski definition) is 1. The molecule has 3 heterocycles.